The minimum atomic E-state index is -1.35. The fourth-order valence-corrected chi connectivity index (χ4v) is 2.90. The topological polar surface area (TPSA) is 30.5 Å². The van der Waals surface area contributed by atoms with Crippen molar-refractivity contribution in [3.63, 3.8) is 0 Å². The molecule has 84 valence electrons. The second-order valence-electron chi connectivity index (χ2n) is 2.98. The van der Waals surface area contributed by atoms with Crippen LogP contribution in [0.2, 0.25) is 6.04 Å². The molecule has 0 atom stereocenters. The average molecular weight is 217 g/mol. The van der Waals surface area contributed by atoms with Gasteiger partial charge < -0.3 is 14.2 Å². The maximum absolute atomic E-state index is 5.56. The van der Waals surface area contributed by atoms with Crippen molar-refractivity contribution in [3.05, 3.63) is 12.7 Å². The first-order valence-electron chi connectivity index (χ1n) is 5.39. The Morgan fingerprint density at radius 2 is 1.93 bits per heavy atom. The molecule has 0 saturated carbocycles. The molecule has 0 aromatic carbocycles. The van der Waals surface area contributed by atoms with Crippen molar-refractivity contribution >= 4 is 9.28 Å². The van der Waals surface area contributed by atoms with E-state index < -0.39 is 9.28 Å². The van der Waals surface area contributed by atoms with E-state index in [1.807, 2.05) is 19.9 Å². The molecule has 0 spiro atoms. The van der Waals surface area contributed by atoms with E-state index in [0.717, 1.165) is 38.8 Å². The molecule has 0 unspecified atom stereocenters. The predicted molar refractivity (Wildman–Crippen MR) is 62.9 cm³/mol. The SMILES string of the molecule is C=CCNCCC[SiH](OCC)OCC. The lowest BCUT2D eigenvalue weighted by Gasteiger charge is -2.14. The molecule has 0 bridgehead atoms. The summed E-state index contributed by atoms with van der Waals surface area (Å²) in [6.45, 7) is 11.2. The average Bonchev–Trinajstić information content (AvgIpc) is 2.18. The van der Waals surface area contributed by atoms with Gasteiger partial charge in [-0.15, -0.1) is 6.58 Å². The van der Waals surface area contributed by atoms with E-state index in [0.29, 0.717) is 0 Å². The molecule has 0 rings (SSSR count). The fraction of sp³-hybridized carbons (Fsp3) is 0.800. The van der Waals surface area contributed by atoms with Crippen LogP contribution in [0.15, 0.2) is 12.7 Å². The highest BCUT2D eigenvalue weighted by Gasteiger charge is 2.10. The molecule has 0 saturated heterocycles. The van der Waals surface area contributed by atoms with E-state index in [1.165, 1.54) is 0 Å². The Bertz CT molecular complexity index is 127. The van der Waals surface area contributed by atoms with E-state index in [-0.39, 0.29) is 0 Å². The van der Waals surface area contributed by atoms with Crippen molar-refractivity contribution < 1.29 is 8.85 Å². The minimum absolute atomic E-state index is 0.775. The second-order valence-corrected chi connectivity index (χ2v) is 5.08. The molecule has 0 aliphatic heterocycles. The third kappa shape index (κ3) is 8.44. The molecule has 4 heteroatoms. The van der Waals surface area contributed by atoms with Crippen LogP contribution < -0.4 is 5.32 Å². The highest BCUT2D eigenvalue weighted by atomic mass is 28.3. The quantitative estimate of drug-likeness (QED) is 0.341. The van der Waals surface area contributed by atoms with Crippen LogP contribution in [0.25, 0.3) is 0 Å². The van der Waals surface area contributed by atoms with Crippen molar-refractivity contribution in [2.24, 2.45) is 0 Å². The van der Waals surface area contributed by atoms with E-state index in [1.54, 1.807) is 0 Å². The summed E-state index contributed by atoms with van der Waals surface area (Å²) >= 11 is 0. The normalized spacial score (nSPS) is 10.8. The van der Waals surface area contributed by atoms with Crippen LogP contribution in [0, 0.1) is 0 Å². The van der Waals surface area contributed by atoms with Crippen LogP contribution in [0.4, 0.5) is 0 Å². The van der Waals surface area contributed by atoms with Crippen molar-refractivity contribution in [2.45, 2.75) is 26.3 Å². The molecule has 0 aliphatic rings. The van der Waals surface area contributed by atoms with E-state index in [9.17, 15) is 0 Å². The molecule has 14 heavy (non-hydrogen) atoms. The van der Waals surface area contributed by atoms with Crippen molar-refractivity contribution in [1.29, 1.82) is 0 Å². The first-order valence-corrected chi connectivity index (χ1v) is 7.15. The van der Waals surface area contributed by atoms with Gasteiger partial charge in [0.15, 0.2) is 0 Å². The molecule has 0 amide bonds. The molecule has 3 nitrogen and oxygen atoms in total. The maximum Gasteiger partial charge on any atom is 0.321 e. The molecule has 0 heterocycles. The van der Waals surface area contributed by atoms with Gasteiger partial charge in [-0.3, -0.25) is 0 Å². The standard InChI is InChI=1S/C10H23NO2Si/c1-4-8-11-9-7-10-14(12-5-2)13-6-3/h4,11,14H,1,5-10H2,2-3H3. The van der Waals surface area contributed by atoms with Crippen LogP contribution in [0.3, 0.4) is 0 Å². The van der Waals surface area contributed by atoms with Crippen LogP contribution in [-0.2, 0) is 8.85 Å². The van der Waals surface area contributed by atoms with E-state index in [2.05, 4.69) is 11.9 Å². The van der Waals surface area contributed by atoms with Crippen LogP contribution in [-0.4, -0.2) is 35.6 Å². The lowest BCUT2D eigenvalue weighted by atomic mass is 10.4. The Morgan fingerprint density at radius 3 is 2.43 bits per heavy atom. The smallest absolute Gasteiger partial charge is 0.321 e. The number of nitrogens with one attached hydrogen (secondary N) is 1. The summed E-state index contributed by atoms with van der Waals surface area (Å²) in [5, 5.41) is 3.27. The van der Waals surface area contributed by atoms with Crippen molar-refractivity contribution in [2.75, 3.05) is 26.3 Å². The van der Waals surface area contributed by atoms with E-state index in [4.69, 9.17) is 8.85 Å². The monoisotopic (exact) mass is 217 g/mol. The van der Waals surface area contributed by atoms with Gasteiger partial charge in [-0.25, -0.2) is 0 Å². The molecule has 0 aliphatic carbocycles. The zero-order valence-electron chi connectivity index (χ0n) is 9.42. The summed E-state index contributed by atoms with van der Waals surface area (Å²) in [7, 11) is -1.35. The van der Waals surface area contributed by atoms with Gasteiger partial charge >= 0.3 is 9.28 Å². The summed E-state index contributed by atoms with van der Waals surface area (Å²) in [6.07, 6.45) is 3.00. The Labute approximate surface area is 89.3 Å². The molecule has 0 fully saturated rings. The fourth-order valence-electron chi connectivity index (χ4n) is 1.18. The van der Waals surface area contributed by atoms with Gasteiger partial charge in [-0.05, 0) is 32.9 Å². The van der Waals surface area contributed by atoms with Crippen LogP contribution >= 0.6 is 0 Å². The van der Waals surface area contributed by atoms with Gasteiger partial charge in [0, 0.05) is 19.8 Å². The lowest BCUT2D eigenvalue weighted by molar-refractivity contribution is 0.213. The zero-order chi connectivity index (χ0) is 10.6. The highest BCUT2D eigenvalue weighted by molar-refractivity contribution is 6.44. The van der Waals surface area contributed by atoms with Gasteiger partial charge in [0.25, 0.3) is 0 Å². The largest absolute Gasteiger partial charge is 0.397 e. The van der Waals surface area contributed by atoms with Crippen molar-refractivity contribution in [3.8, 4) is 0 Å². The zero-order valence-corrected chi connectivity index (χ0v) is 10.6. The Hall–Kier alpha value is -0.163. The summed E-state index contributed by atoms with van der Waals surface area (Å²) < 4.78 is 11.1. The molecule has 0 radical (unpaired) electrons. The summed E-state index contributed by atoms with van der Waals surface area (Å²) in [6, 6.07) is 1.09. The van der Waals surface area contributed by atoms with Gasteiger partial charge in [0.05, 0.1) is 0 Å². The number of hydrogen-bond donors (Lipinski definition) is 1. The van der Waals surface area contributed by atoms with Gasteiger partial charge in [0.1, 0.15) is 0 Å². The number of hydrogen-bond acceptors (Lipinski definition) is 3. The summed E-state index contributed by atoms with van der Waals surface area (Å²) in [4.78, 5) is 0. The minimum Gasteiger partial charge on any atom is -0.397 e. The Kier molecular flexibility index (Phi) is 10.8. The molecule has 0 aromatic heterocycles. The van der Waals surface area contributed by atoms with Gasteiger partial charge in [-0.2, -0.15) is 0 Å². The maximum atomic E-state index is 5.56. The molecular weight excluding hydrogens is 194 g/mol. The summed E-state index contributed by atoms with van der Waals surface area (Å²) in [5.74, 6) is 0. The molecule has 1 N–H and O–H groups in total. The van der Waals surface area contributed by atoms with Crippen LogP contribution in [0.1, 0.15) is 20.3 Å². The number of rotatable bonds is 10. The first kappa shape index (κ1) is 13.8. The summed E-state index contributed by atoms with van der Waals surface area (Å²) in [5.41, 5.74) is 0. The second kappa shape index (κ2) is 10.9. The van der Waals surface area contributed by atoms with Crippen molar-refractivity contribution in [1.82, 2.24) is 5.32 Å². The van der Waals surface area contributed by atoms with Gasteiger partial charge in [-0.1, -0.05) is 6.08 Å². The predicted octanol–water partition coefficient (Wildman–Crippen LogP) is 1.45. The third-order valence-corrected chi connectivity index (χ3v) is 4.08. The van der Waals surface area contributed by atoms with E-state index >= 15 is 0 Å². The van der Waals surface area contributed by atoms with Crippen LogP contribution in [0.5, 0.6) is 0 Å². The Morgan fingerprint density at radius 1 is 1.29 bits per heavy atom. The molecular formula is C10H23NO2Si. The third-order valence-electron chi connectivity index (χ3n) is 1.79. The Balaban J connectivity index is 3.34. The molecule has 0 aromatic rings. The highest BCUT2D eigenvalue weighted by Crippen LogP contribution is 2.00. The first-order chi connectivity index (χ1) is 6.85. The van der Waals surface area contributed by atoms with Gasteiger partial charge in [0.2, 0.25) is 0 Å². The lowest BCUT2D eigenvalue weighted by Crippen LogP contribution is -2.25.